The Bertz CT molecular complexity index is 1440. The largest absolute Gasteiger partial charge is 0.496 e. The third-order valence-electron chi connectivity index (χ3n) is 5.30. The summed E-state index contributed by atoms with van der Waals surface area (Å²) in [6.07, 6.45) is 3.19. The van der Waals surface area contributed by atoms with Gasteiger partial charge in [0, 0.05) is 24.4 Å². The fourth-order valence-electron chi connectivity index (χ4n) is 3.47. The number of nitrogens with zero attached hydrogens (tertiary/aromatic N) is 6. The van der Waals surface area contributed by atoms with Crippen LogP contribution < -0.4 is 15.6 Å². The van der Waals surface area contributed by atoms with E-state index in [9.17, 15) is 10.1 Å². The molecule has 34 heavy (non-hydrogen) atoms. The molecule has 1 aromatic carbocycles. The van der Waals surface area contributed by atoms with Gasteiger partial charge in [-0.3, -0.25) is 14.3 Å². The number of aryl methyl sites for hydroxylation is 1. The quantitative estimate of drug-likeness (QED) is 0.444. The Morgan fingerprint density at radius 2 is 2.03 bits per heavy atom. The van der Waals surface area contributed by atoms with Crippen LogP contribution in [0.1, 0.15) is 24.2 Å². The number of rotatable bonds is 7. The molecule has 0 saturated heterocycles. The van der Waals surface area contributed by atoms with Crippen LogP contribution in [0.15, 0.2) is 51.9 Å². The second kappa shape index (κ2) is 9.64. The normalized spacial score (nSPS) is 11.7. The van der Waals surface area contributed by atoms with Crippen molar-refractivity contribution in [2.75, 3.05) is 14.2 Å². The van der Waals surface area contributed by atoms with E-state index in [0.29, 0.717) is 46.4 Å². The Balaban J connectivity index is 1.73. The predicted octanol–water partition coefficient (Wildman–Crippen LogP) is 3.14. The molecule has 1 unspecified atom stereocenters. The molecule has 172 valence electrons. The molecule has 0 bridgehead atoms. The second-order valence-electron chi connectivity index (χ2n) is 7.63. The number of pyridine rings is 1. The first kappa shape index (κ1) is 22.8. The van der Waals surface area contributed by atoms with Crippen molar-refractivity contribution >= 4 is 0 Å². The summed E-state index contributed by atoms with van der Waals surface area (Å²) in [5, 5.41) is 20.7. The molecule has 3 heterocycles. The summed E-state index contributed by atoms with van der Waals surface area (Å²) in [5.41, 5.74) is 3.63. The maximum atomic E-state index is 12.1. The molecule has 0 radical (unpaired) electrons. The number of methoxy groups -OCH3 is 1. The molecule has 0 fully saturated rings. The van der Waals surface area contributed by atoms with Crippen LogP contribution in [0.25, 0.3) is 34.3 Å². The van der Waals surface area contributed by atoms with Gasteiger partial charge in [-0.25, -0.2) is 4.98 Å². The van der Waals surface area contributed by atoms with Gasteiger partial charge in [0.1, 0.15) is 17.5 Å². The molecule has 1 N–H and O–H groups in total. The van der Waals surface area contributed by atoms with Gasteiger partial charge in [-0.1, -0.05) is 6.07 Å². The lowest BCUT2D eigenvalue weighted by Gasteiger charge is -2.10. The monoisotopic (exact) mass is 457 g/mol. The van der Waals surface area contributed by atoms with Crippen molar-refractivity contribution in [1.29, 1.82) is 5.26 Å². The highest BCUT2D eigenvalue weighted by atomic mass is 16.5. The Labute approximate surface area is 195 Å². The molecular weight excluding hydrogens is 434 g/mol. The van der Waals surface area contributed by atoms with Crippen molar-refractivity contribution in [2.24, 2.45) is 0 Å². The zero-order chi connectivity index (χ0) is 24.2. The van der Waals surface area contributed by atoms with E-state index < -0.39 is 6.04 Å². The summed E-state index contributed by atoms with van der Waals surface area (Å²) < 4.78 is 12.8. The number of hydrogen-bond acceptors (Lipinski definition) is 9. The van der Waals surface area contributed by atoms with Crippen molar-refractivity contribution in [3.8, 4) is 46.1 Å². The van der Waals surface area contributed by atoms with Gasteiger partial charge < -0.3 is 14.5 Å². The molecule has 0 amide bonds. The molecule has 0 spiro atoms. The molecule has 4 aromatic rings. The molecule has 10 heteroatoms. The number of benzene rings is 1. The van der Waals surface area contributed by atoms with E-state index in [1.54, 1.807) is 39.4 Å². The average Bonchev–Trinajstić information content (AvgIpc) is 3.34. The lowest BCUT2D eigenvalue weighted by molar-refractivity contribution is 0.413. The Hall–Kier alpha value is -4.36. The highest BCUT2D eigenvalue weighted by Gasteiger charge is 2.19. The molecule has 0 aliphatic carbocycles. The van der Waals surface area contributed by atoms with Gasteiger partial charge in [0.15, 0.2) is 0 Å². The van der Waals surface area contributed by atoms with E-state index in [2.05, 4.69) is 31.6 Å². The maximum Gasteiger partial charge on any atom is 0.268 e. The van der Waals surface area contributed by atoms with Gasteiger partial charge in [0.05, 0.1) is 36.3 Å². The topological polar surface area (TPSA) is 132 Å². The molecule has 0 aliphatic rings. The summed E-state index contributed by atoms with van der Waals surface area (Å²) in [7, 11) is 3.46. The molecule has 0 saturated carbocycles. The SMILES string of the molecule is CNCc1ccc(-c2nnc(-c3nc(-c4ccc(=O)n(C(C)C#N)c4)cnc3C)o2)c(OC)c1. The zero-order valence-electron chi connectivity index (χ0n) is 19.2. The van der Waals surface area contributed by atoms with Crippen LogP contribution in [0.2, 0.25) is 0 Å². The third-order valence-corrected chi connectivity index (χ3v) is 5.30. The fourth-order valence-corrected chi connectivity index (χ4v) is 3.47. The number of nitrogens with one attached hydrogen (secondary N) is 1. The number of hydrogen-bond donors (Lipinski definition) is 1. The molecule has 4 rings (SSSR count). The number of aromatic nitrogens is 5. The molecular formula is C24H23N7O3. The van der Waals surface area contributed by atoms with Crippen molar-refractivity contribution in [3.63, 3.8) is 0 Å². The van der Waals surface area contributed by atoms with Crippen LogP contribution in [0.4, 0.5) is 0 Å². The van der Waals surface area contributed by atoms with E-state index in [1.165, 1.54) is 10.6 Å². The van der Waals surface area contributed by atoms with Gasteiger partial charge in [-0.05, 0) is 44.7 Å². The van der Waals surface area contributed by atoms with E-state index in [0.717, 1.165) is 5.56 Å². The van der Waals surface area contributed by atoms with Crippen molar-refractivity contribution in [3.05, 3.63) is 64.3 Å². The predicted molar refractivity (Wildman–Crippen MR) is 125 cm³/mol. The minimum absolute atomic E-state index is 0.210. The summed E-state index contributed by atoms with van der Waals surface area (Å²) in [4.78, 5) is 21.2. The molecule has 1 atom stereocenters. The number of nitriles is 1. The number of ether oxygens (including phenoxy) is 1. The zero-order valence-corrected chi connectivity index (χ0v) is 19.2. The van der Waals surface area contributed by atoms with Crippen LogP contribution in [0, 0.1) is 18.3 Å². The molecule has 10 nitrogen and oxygen atoms in total. The minimum atomic E-state index is -0.613. The van der Waals surface area contributed by atoms with Gasteiger partial charge in [0.2, 0.25) is 0 Å². The van der Waals surface area contributed by atoms with Crippen LogP contribution in [0.3, 0.4) is 0 Å². The maximum absolute atomic E-state index is 12.1. The van der Waals surface area contributed by atoms with Gasteiger partial charge in [0.25, 0.3) is 17.3 Å². The lowest BCUT2D eigenvalue weighted by Crippen LogP contribution is -2.21. The highest BCUT2D eigenvalue weighted by Crippen LogP contribution is 2.32. The van der Waals surface area contributed by atoms with Crippen molar-refractivity contribution in [2.45, 2.75) is 26.4 Å². The summed E-state index contributed by atoms with van der Waals surface area (Å²) in [6, 6.07) is 10.2. The summed E-state index contributed by atoms with van der Waals surface area (Å²) in [5.74, 6) is 1.13. The fraction of sp³-hybridized carbons (Fsp3) is 0.250. The molecule has 3 aromatic heterocycles. The van der Waals surface area contributed by atoms with Crippen LogP contribution in [-0.4, -0.2) is 38.9 Å². The van der Waals surface area contributed by atoms with E-state index in [1.807, 2.05) is 25.2 Å². The highest BCUT2D eigenvalue weighted by molar-refractivity contribution is 5.66. The summed E-state index contributed by atoms with van der Waals surface area (Å²) >= 11 is 0. The average molecular weight is 457 g/mol. The van der Waals surface area contributed by atoms with Crippen LogP contribution in [0.5, 0.6) is 5.75 Å². The minimum Gasteiger partial charge on any atom is -0.496 e. The Morgan fingerprint density at radius 3 is 2.76 bits per heavy atom. The van der Waals surface area contributed by atoms with Crippen molar-refractivity contribution in [1.82, 2.24) is 30.0 Å². The van der Waals surface area contributed by atoms with E-state index >= 15 is 0 Å². The van der Waals surface area contributed by atoms with Gasteiger partial charge in [-0.2, -0.15) is 5.26 Å². The summed E-state index contributed by atoms with van der Waals surface area (Å²) in [6.45, 7) is 4.15. The van der Waals surface area contributed by atoms with E-state index in [-0.39, 0.29) is 11.4 Å². The lowest BCUT2D eigenvalue weighted by atomic mass is 10.1. The third kappa shape index (κ3) is 4.42. The second-order valence-corrected chi connectivity index (χ2v) is 7.63. The van der Waals surface area contributed by atoms with Crippen LogP contribution in [-0.2, 0) is 6.54 Å². The van der Waals surface area contributed by atoms with Crippen molar-refractivity contribution < 1.29 is 9.15 Å². The first-order chi connectivity index (χ1) is 16.4. The van der Waals surface area contributed by atoms with Crippen LogP contribution >= 0.6 is 0 Å². The Morgan fingerprint density at radius 1 is 1.24 bits per heavy atom. The first-order valence-electron chi connectivity index (χ1n) is 10.6. The van der Waals surface area contributed by atoms with Gasteiger partial charge in [-0.15, -0.1) is 10.2 Å². The molecule has 0 aliphatic heterocycles. The van der Waals surface area contributed by atoms with E-state index in [4.69, 9.17) is 9.15 Å². The standard InChI is InChI=1S/C24H23N7O3/c1-14(10-25)31-13-17(6-8-21(31)32)19-12-27-15(2)22(28-19)24-30-29-23(34-24)18-7-5-16(11-26-3)9-20(18)33-4/h5-9,12-14,26H,11H2,1-4H3. The Kier molecular flexibility index (Phi) is 6.47. The first-order valence-corrected chi connectivity index (χ1v) is 10.6. The smallest absolute Gasteiger partial charge is 0.268 e. The van der Waals surface area contributed by atoms with Gasteiger partial charge >= 0.3 is 0 Å².